The molecule has 0 saturated heterocycles. The summed E-state index contributed by atoms with van der Waals surface area (Å²) in [4.78, 5) is 11.1. The third-order valence-corrected chi connectivity index (χ3v) is 2.84. The molecule has 2 N–H and O–H groups in total. The lowest BCUT2D eigenvalue weighted by Crippen LogP contribution is -2.34. The Morgan fingerprint density at radius 2 is 2.08 bits per heavy atom. The highest BCUT2D eigenvalue weighted by Crippen LogP contribution is 2.08. The van der Waals surface area contributed by atoms with E-state index >= 15 is 0 Å². The van der Waals surface area contributed by atoms with Crippen LogP contribution in [0.3, 0.4) is 0 Å². The van der Waals surface area contributed by atoms with Gasteiger partial charge in [-0.05, 0) is 18.6 Å². The summed E-state index contributed by atoms with van der Waals surface area (Å²) in [6.07, 6.45) is 0. The molecule has 0 radical (unpaired) electrons. The molecule has 1 atom stereocenters. The molecule has 0 spiro atoms. The van der Waals surface area contributed by atoms with Crippen LogP contribution in [0.5, 0.6) is 0 Å². The van der Waals surface area contributed by atoms with E-state index in [4.69, 9.17) is 10.5 Å². The van der Waals surface area contributed by atoms with Crippen LogP contribution in [0, 0.1) is 5.92 Å². The first kappa shape index (κ1) is 12.8. The van der Waals surface area contributed by atoms with E-state index in [1.165, 1.54) is 0 Å². The van der Waals surface area contributed by atoms with Gasteiger partial charge < -0.3 is 10.5 Å². The first-order valence-electron chi connectivity index (χ1n) is 4.57. The van der Waals surface area contributed by atoms with Gasteiger partial charge in [0.1, 0.15) is 6.04 Å². The van der Waals surface area contributed by atoms with E-state index < -0.39 is 6.04 Å². The van der Waals surface area contributed by atoms with Crippen molar-refractivity contribution >= 4 is 17.7 Å². The number of rotatable bonds is 6. The Labute approximate surface area is 84.4 Å². The Balaban J connectivity index is 3.49. The molecule has 4 heteroatoms. The van der Waals surface area contributed by atoms with Gasteiger partial charge in [-0.25, -0.2) is 0 Å². The summed E-state index contributed by atoms with van der Waals surface area (Å²) in [6, 6.07) is -0.469. The van der Waals surface area contributed by atoms with Gasteiger partial charge in [0, 0.05) is 5.75 Å². The number of carbonyl (C=O) groups excluding carboxylic acids is 1. The lowest BCUT2D eigenvalue weighted by Gasteiger charge is -2.10. The molecule has 0 saturated carbocycles. The van der Waals surface area contributed by atoms with Crippen molar-refractivity contribution in [2.45, 2.75) is 26.8 Å². The summed E-state index contributed by atoms with van der Waals surface area (Å²) in [5.41, 5.74) is 5.59. The van der Waals surface area contributed by atoms with E-state index in [9.17, 15) is 4.79 Å². The summed E-state index contributed by atoms with van der Waals surface area (Å²) in [5, 5.41) is 0. The average molecular weight is 205 g/mol. The van der Waals surface area contributed by atoms with Crippen molar-refractivity contribution in [3.8, 4) is 0 Å². The van der Waals surface area contributed by atoms with Crippen LogP contribution in [0.2, 0.25) is 0 Å². The molecule has 0 aromatic carbocycles. The maximum absolute atomic E-state index is 11.1. The molecule has 78 valence electrons. The summed E-state index contributed by atoms with van der Waals surface area (Å²) < 4.78 is 4.78. The highest BCUT2D eigenvalue weighted by atomic mass is 32.2. The Bertz CT molecular complexity index is 151. The number of nitrogens with two attached hydrogens (primary N) is 1. The quantitative estimate of drug-likeness (QED) is 0.663. The van der Waals surface area contributed by atoms with Crippen molar-refractivity contribution in [1.29, 1.82) is 0 Å². The van der Waals surface area contributed by atoms with Crippen molar-refractivity contribution in [1.82, 2.24) is 0 Å². The van der Waals surface area contributed by atoms with Gasteiger partial charge in [-0.1, -0.05) is 13.8 Å². The van der Waals surface area contributed by atoms with Crippen LogP contribution in [0.15, 0.2) is 0 Å². The van der Waals surface area contributed by atoms with Crippen molar-refractivity contribution in [2.24, 2.45) is 11.7 Å². The molecule has 0 aromatic rings. The molecule has 0 aromatic heterocycles. The van der Waals surface area contributed by atoms with Crippen LogP contribution in [0.1, 0.15) is 20.8 Å². The van der Waals surface area contributed by atoms with Crippen LogP contribution in [0.4, 0.5) is 0 Å². The van der Waals surface area contributed by atoms with Gasteiger partial charge in [0.05, 0.1) is 6.61 Å². The Hall–Kier alpha value is -0.220. The topological polar surface area (TPSA) is 52.3 Å². The van der Waals surface area contributed by atoms with Gasteiger partial charge in [-0.2, -0.15) is 11.8 Å². The number of hydrogen-bond acceptors (Lipinski definition) is 4. The summed E-state index contributed by atoms with van der Waals surface area (Å²) in [6.45, 7) is 6.47. The van der Waals surface area contributed by atoms with Crippen molar-refractivity contribution < 1.29 is 9.53 Å². The van der Waals surface area contributed by atoms with Crippen LogP contribution >= 0.6 is 11.8 Å². The molecule has 13 heavy (non-hydrogen) atoms. The van der Waals surface area contributed by atoms with Crippen LogP contribution < -0.4 is 5.73 Å². The minimum atomic E-state index is -0.469. The Kier molecular flexibility index (Phi) is 7.09. The maximum atomic E-state index is 11.1. The van der Waals surface area contributed by atoms with Crippen LogP contribution in [-0.4, -0.2) is 30.1 Å². The van der Waals surface area contributed by atoms with Crippen molar-refractivity contribution in [3.63, 3.8) is 0 Å². The molecule has 0 aliphatic carbocycles. The van der Waals surface area contributed by atoms with E-state index in [0.717, 1.165) is 5.75 Å². The van der Waals surface area contributed by atoms with Crippen molar-refractivity contribution in [2.75, 3.05) is 18.1 Å². The van der Waals surface area contributed by atoms with Crippen molar-refractivity contribution in [3.05, 3.63) is 0 Å². The third-order valence-electron chi connectivity index (χ3n) is 1.34. The van der Waals surface area contributed by atoms with Crippen LogP contribution in [0.25, 0.3) is 0 Å². The number of esters is 1. The van der Waals surface area contributed by atoms with E-state index in [1.807, 2.05) is 0 Å². The molecule has 0 aliphatic heterocycles. The van der Waals surface area contributed by atoms with Gasteiger partial charge in [0.25, 0.3) is 0 Å². The standard InChI is InChI=1S/C9H19NO2S/c1-4-12-9(11)8(10)6-13-5-7(2)3/h7-8H,4-6,10H2,1-3H3. The molecule has 3 nitrogen and oxygen atoms in total. The zero-order valence-corrected chi connectivity index (χ0v) is 9.39. The summed E-state index contributed by atoms with van der Waals surface area (Å²) >= 11 is 1.70. The number of ether oxygens (including phenoxy) is 1. The van der Waals surface area contributed by atoms with E-state index in [1.54, 1.807) is 18.7 Å². The fourth-order valence-corrected chi connectivity index (χ4v) is 1.75. The molecular weight excluding hydrogens is 186 g/mol. The molecular formula is C9H19NO2S. The smallest absolute Gasteiger partial charge is 0.323 e. The largest absolute Gasteiger partial charge is 0.465 e. The SMILES string of the molecule is CCOC(=O)C(N)CSCC(C)C. The number of carbonyl (C=O) groups is 1. The fourth-order valence-electron chi connectivity index (χ4n) is 0.748. The first-order valence-corrected chi connectivity index (χ1v) is 5.73. The highest BCUT2D eigenvalue weighted by Gasteiger charge is 2.13. The average Bonchev–Trinajstić information content (AvgIpc) is 2.04. The third kappa shape index (κ3) is 6.90. The monoisotopic (exact) mass is 205 g/mol. The second kappa shape index (κ2) is 7.21. The predicted octanol–water partition coefficient (Wildman–Crippen LogP) is 1.27. The molecule has 0 rings (SSSR count). The Morgan fingerprint density at radius 3 is 2.54 bits per heavy atom. The molecule has 0 bridgehead atoms. The van der Waals surface area contributed by atoms with Gasteiger partial charge in [-0.3, -0.25) is 4.79 Å². The predicted molar refractivity (Wildman–Crippen MR) is 56.8 cm³/mol. The van der Waals surface area contributed by atoms with Gasteiger partial charge in [-0.15, -0.1) is 0 Å². The summed E-state index contributed by atoms with van der Waals surface area (Å²) in [5.74, 6) is 2.03. The highest BCUT2D eigenvalue weighted by molar-refractivity contribution is 7.99. The first-order chi connectivity index (χ1) is 6.07. The van der Waals surface area contributed by atoms with E-state index in [0.29, 0.717) is 18.3 Å². The van der Waals surface area contributed by atoms with E-state index in [2.05, 4.69) is 13.8 Å². The molecule has 0 fully saturated rings. The lowest BCUT2D eigenvalue weighted by molar-refractivity contribution is -0.144. The van der Waals surface area contributed by atoms with Gasteiger partial charge in [0.2, 0.25) is 0 Å². The zero-order chi connectivity index (χ0) is 10.3. The van der Waals surface area contributed by atoms with Gasteiger partial charge >= 0.3 is 5.97 Å². The molecule has 1 unspecified atom stereocenters. The summed E-state index contributed by atoms with van der Waals surface area (Å²) in [7, 11) is 0. The van der Waals surface area contributed by atoms with Gasteiger partial charge in [0.15, 0.2) is 0 Å². The minimum Gasteiger partial charge on any atom is -0.465 e. The molecule has 0 heterocycles. The molecule has 0 amide bonds. The number of thioether (sulfide) groups is 1. The zero-order valence-electron chi connectivity index (χ0n) is 8.58. The maximum Gasteiger partial charge on any atom is 0.323 e. The normalized spacial score (nSPS) is 13.0. The second-order valence-electron chi connectivity index (χ2n) is 3.29. The number of hydrogen-bond donors (Lipinski definition) is 1. The fraction of sp³-hybridized carbons (Fsp3) is 0.889. The van der Waals surface area contributed by atoms with Crippen LogP contribution in [-0.2, 0) is 9.53 Å². The molecule has 0 aliphatic rings. The minimum absolute atomic E-state index is 0.293. The second-order valence-corrected chi connectivity index (χ2v) is 4.36. The van der Waals surface area contributed by atoms with E-state index in [-0.39, 0.29) is 5.97 Å². The Morgan fingerprint density at radius 1 is 1.46 bits per heavy atom. The lowest BCUT2D eigenvalue weighted by atomic mass is 10.3.